The first-order valence-electron chi connectivity index (χ1n) is 4.65. The first-order chi connectivity index (χ1) is 7.80. The number of aromatic nitrogens is 1. The van der Waals surface area contributed by atoms with E-state index in [-0.39, 0.29) is 57.8 Å². The second kappa shape index (κ2) is 6.80. The van der Waals surface area contributed by atoms with Gasteiger partial charge in [-0.1, -0.05) is 0 Å². The molecule has 1 aromatic heterocycles. The second-order valence-electron chi connectivity index (χ2n) is 3.47. The van der Waals surface area contributed by atoms with Crippen LogP contribution in [-0.4, -0.2) is 33.3 Å². The molecule has 0 amide bonds. The SMILES string of the molecule is Cc1nc(CS(=O)(=O)[O-])c(CO)c(CO)c1O.[Na+]. The van der Waals surface area contributed by atoms with Crippen LogP contribution in [0, 0.1) is 6.92 Å². The van der Waals surface area contributed by atoms with Crippen LogP contribution in [0.3, 0.4) is 0 Å². The third kappa shape index (κ3) is 4.16. The Morgan fingerprint density at radius 1 is 1.22 bits per heavy atom. The van der Waals surface area contributed by atoms with Crippen molar-refractivity contribution in [1.82, 2.24) is 4.98 Å². The normalized spacial score (nSPS) is 11.1. The van der Waals surface area contributed by atoms with Crippen molar-refractivity contribution >= 4 is 10.1 Å². The Labute approximate surface area is 127 Å². The summed E-state index contributed by atoms with van der Waals surface area (Å²) in [5.74, 6) is -1.21. The Hall–Kier alpha value is -0.220. The van der Waals surface area contributed by atoms with E-state index in [1.807, 2.05) is 0 Å². The van der Waals surface area contributed by atoms with Gasteiger partial charge < -0.3 is 19.9 Å². The fraction of sp³-hybridized carbons (Fsp3) is 0.444. The average molecular weight is 285 g/mol. The van der Waals surface area contributed by atoms with Gasteiger partial charge in [-0.05, 0) is 6.92 Å². The van der Waals surface area contributed by atoms with Crippen molar-refractivity contribution in [1.29, 1.82) is 0 Å². The molecule has 0 atom stereocenters. The monoisotopic (exact) mass is 285 g/mol. The van der Waals surface area contributed by atoms with Crippen molar-refractivity contribution in [2.75, 3.05) is 0 Å². The van der Waals surface area contributed by atoms with Crippen molar-refractivity contribution in [2.45, 2.75) is 25.9 Å². The molecule has 0 radical (unpaired) electrons. The Bertz CT molecular complexity index is 530. The van der Waals surface area contributed by atoms with E-state index in [0.29, 0.717) is 0 Å². The van der Waals surface area contributed by atoms with E-state index in [1.165, 1.54) is 6.92 Å². The molecule has 0 aliphatic heterocycles. The molecule has 96 valence electrons. The minimum Gasteiger partial charge on any atom is -0.748 e. The molecule has 0 unspecified atom stereocenters. The van der Waals surface area contributed by atoms with E-state index in [1.54, 1.807) is 0 Å². The third-order valence-electron chi connectivity index (χ3n) is 2.27. The predicted octanol–water partition coefficient (Wildman–Crippen LogP) is -3.87. The topological polar surface area (TPSA) is 131 Å². The van der Waals surface area contributed by atoms with Gasteiger partial charge in [-0.15, -0.1) is 0 Å². The van der Waals surface area contributed by atoms with Crippen LogP contribution in [0.25, 0.3) is 0 Å². The maximum Gasteiger partial charge on any atom is 1.00 e. The molecule has 0 spiro atoms. The summed E-state index contributed by atoms with van der Waals surface area (Å²) in [7, 11) is -4.55. The number of pyridine rings is 1. The molecule has 7 nitrogen and oxygen atoms in total. The van der Waals surface area contributed by atoms with Crippen LogP contribution in [0.5, 0.6) is 5.75 Å². The minimum absolute atomic E-state index is 0. The van der Waals surface area contributed by atoms with Crippen LogP contribution >= 0.6 is 0 Å². The number of nitrogens with zero attached hydrogens (tertiary/aromatic N) is 1. The number of aliphatic hydroxyl groups excluding tert-OH is 2. The Morgan fingerprint density at radius 3 is 2.11 bits per heavy atom. The Balaban J connectivity index is 0.00000289. The summed E-state index contributed by atoms with van der Waals surface area (Å²) < 4.78 is 32.0. The fourth-order valence-electron chi connectivity index (χ4n) is 1.50. The van der Waals surface area contributed by atoms with Crippen LogP contribution in [0.2, 0.25) is 0 Å². The van der Waals surface area contributed by atoms with Crippen molar-refractivity contribution in [3.63, 3.8) is 0 Å². The maximum absolute atomic E-state index is 10.7. The van der Waals surface area contributed by atoms with Gasteiger partial charge in [-0.25, -0.2) is 8.42 Å². The molecule has 0 saturated carbocycles. The largest absolute Gasteiger partial charge is 1.00 e. The Kier molecular flexibility index (Phi) is 6.72. The van der Waals surface area contributed by atoms with Crippen molar-refractivity contribution < 1.29 is 57.8 Å². The standard InChI is InChI=1S/C9H13NO6S.Na/c1-5-9(13)7(3-12)6(2-11)8(10-5)4-17(14,15)16;/h11-13H,2-4H2,1H3,(H,14,15,16);/q;+1/p-1. The van der Waals surface area contributed by atoms with E-state index in [4.69, 9.17) is 10.2 Å². The smallest absolute Gasteiger partial charge is 0.748 e. The number of hydrogen-bond donors (Lipinski definition) is 3. The zero-order chi connectivity index (χ0) is 13.2. The average Bonchev–Trinajstić information content (AvgIpc) is 2.20. The van der Waals surface area contributed by atoms with Crippen molar-refractivity contribution in [3.8, 4) is 5.75 Å². The molecule has 9 heteroatoms. The zero-order valence-corrected chi connectivity index (χ0v) is 12.9. The minimum atomic E-state index is -4.55. The molecule has 0 saturated heterocycles. The zero-order valence-electron chi connectivity index (χ0n) is 10.0. The van der Waals surface area contributed by atoms with E-state index in [9.17, 15) is 18.1 Å². The predicted molar refractivity (Wildman–Crippen MR) is 55.9 cm³/mol. The first kappa shape index (κ1) is 17.8. The molecule has 0 aliphatic carbocycles. The summed E-state index contributed by atoms with van der Waals surface area (Å²) >= 11 is 0. The molecule has 0 aliphatic rings. The van der Waals surface area contributed by atoms with E-state index in [0.717, 1.165) is 0 Å². The Morgan fingerprint density at radius 2 is 1.72 bits per heavy atom. The fourth-order valence-corrected chi connectivity index (χ4v) is 2.08. The molecule has 1 rings (SSSR count). The number of hydrogen-bond acceptors (Lipinski definition) is 7. The summed E-state index contributed by atoms with van der Waals surface area (Å²) in [5, 5.41) is 27.7. The van der Waals surface area contributed by atoms with Crippen LogP contribution in [-0.2, 0) is 29.1 Å². The molecule has 0 bridgehead atoms. The van der Waals surface area contributed by atoms with Crippen molar-refractivity contribution in [3.05, 3.63) is 22.5 Å². The molecule has 3 N–H and O–H groups in total. The molecule has 1 aromatic rings. The number of rotatable bonds is 4. The van der Waals surface area contributed by atoms with Gasteiger partial charge in [0.25, 0.3) is 0 Å². The van der Waals surface area contributed by atoms with Gasteiger partial charge in [-0.2, -0.15) is 0 Å². The molecular weight excluding hydrogens is 273 g/mol. The van der Waals surface area contributed by atoms with Gasteiger partial charge >= 0.3 is 29.6 Å². The summed E-state index contributed by atoms with van der Waals surface area (Å²) in [4.78, 5) is 3.74. The van der Waals surface area contributed by atoms with Crippen LogP contribution < -0.4 is 29.6 Å². The van der Waals surface area contributed by atoms with Crippen LogP contribution in [0.4, 0.5) is 0 Å². The molecule has 18 heavy (non-hydrogen) atoms. The van der Waals surface area contributed by atoms with Crippen LogP contribution in [0.15, 0.2) is 0 Å². The van der Waals surface area contributed by atoms with E-state index >= 15 is 0 Å². The maximum atomic E-state index is 10.7. The third-order valence-corrected chi connectivity index (χ3v) is 2.90. The van der Waals surface area contributed by atoms with Gasteiger partial charge in [0.15, 0.2) is 0 Å². The van der Waals surface area contributed by atoms with Gasteiger partial charge in [-0.3, -0.25) is 4.98 Å². The summed E-state index contributed by atoms with van der Waals surface area (Å²) in [6, 6.07) is 0. The molecule has 0 aromatic carbocycles. The number of aromatic hydroxyl groups is 1. The number of aliphatic hydroxyl groups is 2. The second-order valence-corrected chi connectivity index (χ2v) is 4.87. The first-order valence-corrected chi connectivity index (χ1v) is 6.23. The molecular formula is C9H12NNaO6S. The van der Waals surface area contributed by atoms with E-state index < -0.39 is 29.1 Å². The van der Waals surface area contributed by atoms with Crippen LogP contribution in [0.1, 0.15) is 22.5 Å². The summed E-state index contributed by atoms with van der Waals surface area (Å²) in [6.07, 6.45) is 0. The van der Waals surface area contributed by atoms with E-state index in [2.05, 4.69) is 4.98 Å². The van der Waals surface area contributed by atoms with Gasteiger partial charge in [0.2, 0.25) is 0 Å². The summed E-state index contributed by atoms with van der Waals surface area (Å²) in [6.45, 7) is 0.190. The van der Waals surface area contributed by atoms with Crippen molar-refractivity contribution in [2.24, 2.45) is 0 Å². The van der Waals surface area contributed by atoms with Gasteiger partial charge in [0.05, 0.1) is 30.4 Å². The van der Waals surface area contributed by atoms with Gasteiger partial charge in [0.1, 0.15) is 15.9 Å². The molecule has 1 heterocycles. The number of aryl methyl sites for hydroxylation is 1. The molecule has 0 fully saturated rings. The summed E-state index contributed by atoms with van der Waals surface area (Å²) in [5.41, 5.74) is -0.111. The quantitative estimate of drug-likeness (QED) is 0.381. The van der Waals surface area contributed by atoms with Gasteiger partial charge in [0, 0.05) is 11.1 Å².